The lowest BCUT2D eigenvalue weighted by atomic mass is 10.1. The number of amides is 1. The van der Waals surface area contributed by atoms with E-state index in [1.54, 1.807) is 34.6 Å². The fourth-order valence-electron chi connectivity index (χ4n) is 3.87. The molecule has 2 aliphatic heterocycles. The van der Waals surface area contributed by atoms with E-state index in [1.165, 1.54) is 6.08 Å². The third-order valence-corrected chi connectivity index (χ3v) is 7.52. The molecular weight excluding hydrogens is 428 g/mol. The minimum absolute atomic E-state index is 0.249. The summed E-state index contributed by atoms with van der Waals surface area (Å²) < 4.78 is 38.5. The molecule has 0 radical (unpaired) electrons. The van der Waals surface area contributed by atoms with Crippen molar-refractivity contribution < 1.29 is 22.7 Å². The molecule has 0 atom stereocenters. The summed E-state index contributed by atoms with van der Waals surface area (Å²) in [6.07, 6.45) is 7.06. The number of sulfonamides is 1. The molecule has 0 unspecified atom stereocenters. The molecule has 2 heterocycles. The minimum Gasteiger partial charge on any atom is -0.486 e. The van der Waals surface area contributed by atoms with Crippen LogP contribution in [0.3, 0.4) is 0 Å². The number of fused-ring (bicyclic) bond motifs is 1. The second-order valence-corrected chi connectivity index (χ2v) is 9.82. The predicted octanol–water partition coefficient (Wildman–Crippen LogP) is 3.35. The molecule has 0 spiro atoms. The van der Waals surface area contributed by atoms with Crippen molar-refractivity contribution in [1.29, 1.82) is 0 Å². The number of nitrogens with one attached hydrogen (secondary N) is 1. The van der Waals surface area contributed by atoms with Gasteiger partial charge in [-0.2, -0.15) is 4.31 Å². The van der Waals surface area contributed by atoms with Crippen molar-refractivity contribution in [2.24, 2.45) is 0 Å². The van der Waals surface area contributed by atoms with Crippen molar-refractivity contribution in [2.45, 2.75) is 37.1 Å². The Bertz CT molecular complexity index is 1070. The van der Waals surface area contributed by atoms with Crippen LogP contribution in [0, 0.1) is 0 Å². The van der Waals surface area contributed by atoms with Crippen LogP contribution in [0.4, 0.5) is 0 Å². The second-order valence-electron chi connectivity index (χ2n) is 7.88. The maximum atomic E-state index is 12.9. The van der Waals surface area contributed by atoms with E-state index in [2.05, 4.69) is 5.32 Å². The number of rotatable bonds is 6. The zero-order valence-electron chi connectivity index (χ0n) is 18.0. The Kier molecular flexibility index (Phi) is 7.12. The van der Waals surface area contributed by atoms with Gasteiger partial charge in [-0.25, -0.2) is 8.42 Å². The standard InChI is InChI=1S/C24H28N2O5S/c27-23(25-18-20-6-5-7-22-24(20)31-17-16-30-22)13-10-19-8-11-21(12-9-19)32(28,29)26-14-3-1-2-4-15-26/h5-13H,1-4,14-18H2,(H,25,27)/b13-10-. The van der Waals surface area contributed by atoms with E-state index >= 15 is 0 Å². The van der Waals surface area contributed by atoms with E-state index in [4.69, 9.17) is 9.47 Å². The molecule has 0 aromatic heterocycles. The molecule has 0 aliphatic carbocycles. The molecule has 1 N–H and O–H groups in total. The lowest BCUT2D eigenvalue weighted by Crippen LogP contribution is -2.31. The summed E-state index contributed by atoms with van der Waals surface area (Å²) in [5.74, 6) is 1.11. The van der Waals surface area contributed by atoms with Crippen molar-refractivity contribution in [3.63, 3.8) is 0 Å². The quantitative estimate of drug-likeness (QED) is 0.674. The zero-order chi connectivity index (χ0) is 22.4. The molecule has 2 aromatic rings. The monoisotopic (exact) mass is 456 g/mol. The Morgan fingerprint density at radius 1 is 0.969 bits per heavy atom. The van der Waals surface area contributed by atoms with Gasteiger partial charge in [0.05, 0.1) is 4.90 Å². The van der Waals surface area contributed by atoms with Crippen molar-refractivity contribution in [1.82, 2.24) is 9.62 Å². The number of nitrogens with zero attached hydrogens (tertiary/aromatic N) is 1. The normalized spacial score (nSPS) is 17.1. The fourth-order valence-corrected chi connectivity index (χ4v) is 5.39. The van der Waals surface area contributed by atoms with Crippen molar-refractivity contribution in [3.8, 4) is 11.5 Å². The highest BCUT2D eigenvalue weighted by Gasteiger charge is 2.24. The third-order valence-electron chi connectivity index (χ3n) is 5.61. The summed E-state index contributed by atoms with van der Waals surface area (Å²) in [7, 11) is -3.47. The molecule has 1 saturated heterocycles. The molecule has 1 amide bonds. The van der Waals surface area contributed by atoms with E-state index in [9.17, 15) is 13.2 Å². The zero-order valence-corrected chi connectivity index (χ0v) is 18.8. The molecule has 1 fully saturated rings. The summed E-state index contributed by atoms with van der Waals surface area (Å²) in [4.78, 5) is 12.5. The van der Waals surface area contributed by atoms with Crippen molar-refractivity contribution >= 4 is 22.0 Å². The molecule has 0 saturated carbocycles. The number of benzene rings is 2. The average Bonchev–Trinajstić information content (AvgIpc) is 3.12. The van der Waals surface area contributed by atoms with Gasteiger partial charge < -0.3 is 14.8 Å². The molecule has 2 aliphatic rings. The minimum atomic E-state index is -3.47. The Balaban J connectivity index is 1.35. The molecule has 2 aromatic carbocycles. The Labute approximate surface area is 189 Å². The summed E-state index contributed by atoms with van der Waals surface area (Å²) >= 11 is 0. The van der Waals surface area contributed by atoms with Crippen LogP contribution in [0.1, 0.15) is 36.8 Å². The van der Waals surface area contributed by atoms with Crippen LogP contribution in [0.2, 0.25) is 0 Å². The first-order valence-corrected chi connectivity index (χ1v) is 12.4. The van der Waals surface area contributed by atoms with Gasteiger partial charge in [0.2, 0.25) is 15.9 Å². The summed E-state index contributed by atoms with van der Waals surface area (Å²) in [6.45, 7) is 2.48. The number of ether oxygens (including phenoxy) is 2. The maximum absolute atomic E-state index is 12.9. The van der Waals surface area contributed by atoms with E-state index in [-0.39, 0.29) is 10.8 Å². The fraction of sp³-hybridized carbons (Fsp3) is 0.375. The van der Waals surface area contributed by atoms with Crippen LogP contribution in [0.25, 0.3) is 6.08 Å². The highest BCUT2D eigenvalue weighted by molar-refractivity contribution is 7.89. The van der Waals surface area contributed by atoms with Gasteiger partial charge in [0, 0.05) is 31.3 Å². The molecule has 32 heavy (non-hydrogen) atoms. The lowest BCUT2D eigenvalue weighted by molar-refractivity contribution is -0.116. The first-order chi connectivity index (χ1) is 15.5. The van der Waals surface area contributed by atoms with E-state index < -0.39 is 10.0 Å². The van der Waals surface area contributed by atoms with Gasteiger partial charge in [0.15, 0.2) is 11.5 Å². The number of hydrogen-bond donors (Lipinski definition) is 1. The van der Waals surface area contributed by atoms with Crippen LogP contribution >= 0.6 is 0 Å². The highest BCUT2D eigenvalue weighted by atomic mass is 32.2. The topological polar surface area (TPSA) is 84.9 Å². The summed E-state index contributed by atoms with van der Waals surface area (Å²) in [5.41, 5.74) is 1.61. The molecule has 7 nitrogen and oxygen atoms in total. The van der Waals surface area contributed by atoms with Crippen LogP contribution in [0.15, 0.2) is 53.4 Å². The average molecular weight is 457 g/mol. The van der Waals surface area contributed by atoms with Crippen LogP contribution in [-0.4, -0.2) is 44.9 Å². The first kappa shape index (κ1) is 22.4. The number of carbonyl (C=O) groups is 1. The Hall–Kier alpha value is -2.84. The van der Waals surface area contributed by atoms with E-state index in [0.29, 0.717) is 44.3 Å². The van der Waals surface area contributed by atoms with Gasteiger partial charge in [-0.15, -0.1) is 0 Å². The van der Waals surface area contributed by atoms with Gasteiger partial charge in [0.1, 0.15) is 13.2 Å². The third kappa shape index (κ3) is 5.31. The van der Waals surface area contributed by atoms with Gasteiger partial charge in [-0.1, -0.05) is 37.1 Å². The van der Waals surface area contributed by atoms with E-state index in [1.807, 2.05) is 18.2 Å². The first-order valence-electron chi connectivity index (χ1n) is 11.0. The van der Waals surface area contributed by atoms with Crippen LogP contribution in [0.5, 0.6) is 11.5 Å². The summed E-state index contributed by atoms with van der Waals surface area (Å²) in [5, 5.41) is 2.84. The molecular formula is C24H28N2O5S. The summed E-state index contributed by atoms with van der Waals surface area (Å²) in [6, 6.07) is 12.2. The van der Waals surface area contributed by atoms with Gasteiger partial charge in [0.25, 0.3) is 0 Å². The van der Waals surface area contributed by atoms with Gasteiger partial charge in [-0.3, -0.25) is 4.79 Å². The predicted molar refractivity (Wildman–Crippen MR) is 122 cm³/mol. The maximum Gasteiger partial charge on any atom is 0.244 e. The molecule has 8 heteroatoms. The Morgan fingerprint density at radius 2 is 1.69 bits per heavy atom. The largest absolute Gasteiger partial charge is 0.486 e. The smallest absolute Gasteiger partial charge is 0.244 e. The Morgan fingerprint density at radius 3 is 2.44 bits per heavy atom. The lowest BCUT2D eigenvalue weighted by Gasteiger charge is -2.20. The van der Waals surface area contributed by atoms with Gasteiger partial charge in [-0.05, 0) is 42.7 Å². The van der Waals surface area contributed by atoms with Crippen LogP contribution in [-0.2, 0) is 21.4 Å². The molecule has 170 valence electrons. The number of carbonyl (C=O) groups excluding carboxylic acids is 1. The van der Waals surface area contributed by atoms with Gasteiger partial charge >= 0.3 is 0 Å². The number of para-hydroxylation sites is 1. The van der Waals surface area contributed by atoms with Crippen molar-refractivity contribution in [2.75, 3.05) is 26.3 Å². The highest BCUT2D eigenvalue weighted by Crippen LogP contribution is 2.33. The SMILES string of the molecule is O=C(/C=C\c1ccc(S(=O)(=O)N2CCCCCC2)cc1)NCc1cccc2c1OCCO2. The van der Waals surface area contributed by atoms with E-state index in [0.717, 1.165) is 36.8 Å². The van der Waals surface area contributed by atoms with Crippen LogP contribution < -0.4 is 14.8 Å². The number of hydrogen-bond acceptors (Lipinski definition) is 5. The second kappa shape index (κ2) is 10.2. The molecule has 4 rings (SSSR count). The molecule has 0 bridgehead atoms. The van der Waals surface area contributed by atoms with Crippen molar-refractivity contribution in [3.05, 3.63) is 59.7 Å².